The molecule has 1 heterocycles. The van der Waals surface area contributed by atoms with Crippen LogP contribution in [0.2, 0.25) is 19.6 Å². The minimum absolute atomic E-state index is 0.155. The molecule has 124 valence electrons. The summed E-state index contributed by atoms with van der Waals surface area (Å²) in [5.74, 6) is -0.612. The van der Waals surface area contributed by atoms with E-state index in [2.05, 4.69) is 70.7 Å². The SMILES string of the molecule is [2H]C(C)(C)c1cc(-c2ccc(C(C)(C)C)cc2)ncc1[Si](C)(C)C. The van der Waals surface area contributed by atoms with Gasteiger partial charge in [-0.05, 0) is 33.7 Å². The molecular weight excluding hydrogens is 294 g/mol. The number of nitrogens with zero attached hydrogens (tertiary/aromatic N) is 1. The first-order valence-electron chi connectivity index (χ1n) is 8.92. The van der Waals surface area contributed by atoms with Crippen LogP contribution in [0.4, 0.5) is 0 Å². The Kier molecular flexibility index (Phi) is 4.46. The smallest absolute Gasteiger partial charge is 0.0799 e. The van der Waals surface area contributed by atoms with Gasteiger partial charge in [-0.2, -0.15) is 0 Å². The van der Waals surface area contributed by atoms with Gasteiger partial charge in [-0.1, -0.05) is 78.5 Å². The number of hydrogen-bond acceptors (Lipinski definition) is 1. The normalized spacial score (nSPS) is 13.8. The van der Waals surface area contributed by atoms with Crippen molar-refractivity contribution in [3.8, 4) is 11.3 Å². The Morgan fingerprint density at radius 2 is 1.61 bits per heavy atom. The number of aromatic nitrogens is 1. The molecule has 0 atom stereocenters. The van der Waals surface area contributed by atoms with Crippen molar-refractivity contribution in [2.75, 3.05) is 0 Å². The molecule has 1 nitrogen and oxygen atoms in total. The second-order valence-corrected chi connectivity index (χ2v) is 13.7. The van der Waals surface area contributed by atoms with Crippen LogP contribution in [0.15, 0.2) is 36.5 Å². The maximum Gasteiger partial charge on any atom is 0.0799 e. The fraction of sp³-hybridized carbons (Fsp3) is 0.476. The summed E-state index contributed by atoms with van der Waals surface area (Å²) in [7, 11) is -1.53. The molecule has 0 radical (unpaired) electrons. The summed E-state index contributed by atoms with van der Waals surface area (Å²) in [5.41, 5.74) is 4.68. The van der Waals surface area contributed by atoms with E-state index < -0.39 is 14.0 Å². The summed E-state index contributed by atoms with van der Waals surface area (Å²) in [6.07, 6.45) is 2.02. The molecule has 1 aromatic carbocycles. The lowest BCUT2D eigenvalue weighted by Crippen LogP contribution is -2.40. The molecule has 0 aliphatic carbocycles. The van der Waals surface area contributed by atoms with E-state index in [0.717, 1.165) is 16.8 Å². The van der Waals surface area contributed by atoms with Crippen molar-refractivity contribution in [3.05, 3.63) is 47.7 Å². The van der Waals surface area contributed by atoms with Gasteiger partial charge in [0.25, 0.3) is 0 Å². The van der Waals surface area contributed by atoms with Gasteiger partial charge in [0.15, 0.2) is 0 Å². The monoisotopic (exact) mass is 326 g/mol. The summed E-state index contributed by atoms with van der Waals surface area (Å²) in [4.78, 5) is 4.73. The third kappa shape index (κ3) is 4.11. The average molecular weight is 327 g/mol. The van der Waals surface area contributed by atoms with Crippen LogP contribution in [0.3, 0.4) is 0 Å². The van der Waals surface area contributed by atoms with Crippen LogP contribution in [-0.4, -0.2) is 13.1 Å². The van der Waals surface area contributed by atoms with E-state index in [1.165, 1.54) is 10.8 Å². The summed E-state index contributed by atoms with van der Waals surface area (Å²) in [6.45, 7) is 17.6. The van der Waals surface area contributed by atoms with E-state index in [4.69, 9.17) is 6.35 Å². The predicted molar refractivity (Wildman–Crippen MR) is 105 cm³/mol. The van der Waals surface area contributed by atoms with Crippen LogP contribution in [0.1, 0.15) is 53.0 Å². The van der Waals surface area contributed by atoms with Crippen LogP contribution in [0.25, 0.3) is 11.3 Å². The molecule has 0 fully saturated rings. The van der Waals surface area contributed by atoms with Gasteiger partial charge in [0.2, 0.25) is 0 Å². The first kappa shape index (κ1) is 16.4. The van der Waals surface area contributed by atoms with Gasteiger partial charge in [-0.15, -0.1) is 0 Å². The molecule has 0 aliphatic rings. The Balaban J connectivity index is 2.53. The van der Waals surface area contributed by atoms with Gasteiger partial charge in [-0.25, -0.2) is 0 Å². The first-order chi connectivity index (χ1) is 10.8. The molecule has 0 spiro atoms. The minimum atomic E-state index is -1.53. The zero-order chi connectivity index (χ0) is 18.3. The van der Waals surface area contributed by atoms with E-state index in [-0.39, 0.29) is 5.41 Å². The molecule has 0 saturated heterocycles. The second kappa shape index (κ2) is 6.24. The van der Waals surface area contributed by atoms with E-state index in [9.17, 15) is 0 Å². The zero-order valence-corrected chi connectivity index (χ0v) is 16.9. The molecule has 0 saturated carbocycles. The van der Waals surface area contributed by atoms with Gasteiger partial charge < -0.3 is 0 Å². The van der Waals surface area contributed by atoms with E-state index >= 15 is 0 Å². The molecule has 2 heteroatoms. The summed E-state index contributed by atoms with van der Waals surface area (Å²) in [5, 5.41) is 1.29. The predicted octanol–water partition coefficient (Wildman–Crippen LogP) is 5.71. The molecule has 23 heavy (non-hydrogen) atoms. The number of benzene rings is 1. The fourth-order valence-electron chi connectivity index (χ4n) is 2.77. The highest BCUT2D eigenvalue weighted by atomic mass is 28.3. The second-order valence-electron chi connectivity index (χ2n) is 8.69. The highest BCUT2D eigenvalue weighted by Gasteiger charge is 2.22. The largest absolute Gasteiger partial charge is 0.256 e. The quantitative estimate of drug-likeness (QED) is 0.658. The molecule has 0 bridgehead atoms. The van der Waals surface area contributed by atoms with Crippen molar-refractivity contribution < 1.29 is 1.37 Å². The minimum Gasteiger partial charge on any atom is -0.256 e. The van der Waals surface area contributed by atoms with E-state index in [1.54, 1.807) is 0 Å². The number of rotatable bonds is 3. The highest BCUT2D eigenvalue weighted by Crippen LogP contribution is 2.27. The van der Waals surface area contributed by atoms with Crippen LogP contribution in [-0.2, 0) is 5.41 Å². The Labute approximate surface area is 144 Å². The molecular formula is C21H31NSi. The van der Waals surface area contributed by atoms with Crippen molar-refractivity contribution in [1.29, 1.82) is 0 Å². The maximum atomic E-state index is 8.56. The van der Waals surface area contributed by atoms with Crippen molar-refractivity contribution in [2.45, 2.75) is 65.6 Å². The Morgan fingerprint density at radius 3 is 2.04 bits per heavy atom. The van der Waals surface area contributed by atoms with E-state index in [1.807, 2.05) is 20.0 Å². The van der Waals surface area contributed by atoms with Gasteiger partial charge in [0.05, 0.1) is 13.8 Å². The Bertz CT molecular complexity index is 713. The zero-order valence-electron chi connectivity index (χ0n) is 16.9. The van der Waals surface area contributed by atoms with Crippen molar-refractivity contribution >= 4 is 13.3 Å². The standard InChI is InChI=1S/C21H31NSi/c1-15(2)18-13-19(22-14-20(18)23(6,7)8)16-9-11-17(12-10-16)21(3,4)5/h9-15H,1-8H3/i15D. The Morgan fingerprint density at radius 1 is 1.04 bits per heavy atom. The molecule has 0 N–H and O–H groups in total. The number of pyridine rings is 1. The van der Waals surface area contributed by atoms with Gasteiger partial charge in [-0.3, -0.25) is 4.98 Å². The Hall–Kier alpha value is -1.41. The topological polar surface area (TPSA) is 12.9 Å². The molecule has 0 unspecified atom stereocenters. The first-order valence-corrected chi connectivity index (χ1v) is 11.9. The van der Waals surface area contributed by atoms with Crippen molar-refractivity contribution in [1.82, 2.24) is 4.98 Å². The van der Waals surface area contributed by atoms with Crippen molar-refractivity contribution in [2.24, 2.45) is 0 Å². The average Bonchev–Trinajstić information content (AvgIpc) is 2.44. The van der Waals surface area contributed by atoms with E-state index in [0.29, 0.717) is 0 Å². The molecule has 0 aliphatic heterocycles. The lowest BCUT2D eigenvalue weighted by Gasteiger charge is -2.23. The van der Waals surface area contributed by atoms with Crippen LogP contribution in [0, 0.1) is 0 Å². The van der Waals surface area contributed by atoms with Gasteiger partial charge in [0, 0.05) is 13.1 Å². The molecule has 0 amide bonds. The third-order valence-electron chi connectivity index (χ3n) is 4.30. The lowest BCUT2D eigenvalue weighted by molar-refractivity contribution is 0.590. The highest BCUT2D eigenvalue weighted by molar-refractivity contribution is 6.89. The van der Waals surface area contributed by atoms with Crippen LogP contribution in [0.5, 0.6) is 0 Å². The molecule has 2 aromatic rings. The maximum absolute atomic E-state index is 8.56. The third-order valence-corrected chi connectivity index (χ3v) is 6.31. The molecule has 2 rings (SSSR count). The van der Waals surface area contributed by atoms with Crippen LogP contribution < -0.4 is 5.19 Å². The summed E-state index contributed by atoms with van der Waals surface area (Å²) < 4.78 is 8.56. The molecule has 1 aromatic heterocycles. The van der Waals surface area contributed by atoms with Crippen molar-refractivity contribution in [3.63, 3.8) is 0 Å². The lowest BCUT2D eigenvalue weighted by atomic mass is 9.86. The van der Waals surface area contributed by atoms with Gasteiger partial charge in [0.1, 0.15) is 0 Å². The van der Waals surface area contributed by atoms with Crippen LogP contribution >= 0.6 is 0 Å². The number of hydrogen-bond donors (Lipinski definition) is 0. The fourth-order valence-corrected chi connectivity index (χ4v) is 4.35. The van der Waals surface area contributed by atoms with Gasteiger partial charge >= 0.3 is 0 Å². The summed E-state index contributed by atoms with van der Waals surface area (Å²) >= 11 is 0. The summed E-state index contributed by atoms with van der Waals surface area (Å²) in [6, 6.07) is 10.8.